The largest absolute Gasteiger partial charge is 0.476 e. The minimum absolute atomic E-state index is 0.109. The molecule has 0 aliphatic carbocycles. The maximum Gasteiger partial charge on any atom is 0.410 e. The van der Waals surface area contributed by atoms with Crippen LogP contribution in [-0.4, -0.2) is 98.1 Å². The van der Waals surface area contributed by atoms with Gasteiger partial charge in [-0.3, -0.25) is 14.4 Å². The molecule has 3 rings (SSSR count). The fraction of sp³-hybridized carbons (Fsp3) is 0.722. The van der Waals surface area contributed by atoms with Crippen LogP contribution in [0.5, 0.6) is 5.75 Å². The van der Waals surface area contributed by atoms with E-state index in [-0.39, 0.29) is 43.3 Å². The summed E-state index contributed by atoms with van der Waals surface area (Å²) in [7, 11) is 1.62. The molecule has 2 aliphatic heterocycles. The molecule has 0 bridgehead atoms. The minimum Gasteiger partial charge on any atom is -0.476 e. The molecule has 1 fully saturated rings. The number of amides is 4. The van der Waals surface area contributed by atoms with Gasteiger partial charge in [-0.25, -0.2) is 4.79 Å². The Morgan fingerprint density at radius 2 is 1.75 bits per heavy atom. The molecule has 1 aromatic rings. The lowest BCUT2D eigenvalue weighted by Gasteiger charge is -2.41. The third-order valence-electron chi connectivity index (χ3n) is 8.48. The van der Waals surface area contributed by atoms with E-state index in [1.165, 1.54) is 4.90 Å². The summed E-state index contributed by atoms with van der Waals surface area (Å²) in [6, 6.07) is 5.15. The Hall–Kier alpha value is -3.38. The number of carbonyl (C=O) groups excluding carboxylic acids is 4. The number of rotatable bonds is 13. The monoisotopic (exact) mass is 674 g/mol. The number of carbonyl (C=O) groups is 4. The first-order valence-electron chi connectivity index (χ1n) is 17.1. The molecule has 2 atom stereocenters. The molecule has 12 nitrogen and oxygen atoms in total. The van der Waals surface area contributed by atoms with Crippen LogP contribution in [0, 0.1) is 11.8 Å². The average molecular weight is 675 g/mol. The van der Waals surface area contributed by atoms with Crippen LogP contribution < -0.4 is 19.9 Å². The van der Waals surface area contributed by atoms with E-state index in [4.69, 9.17) is 18.9 Å². The Bertz CT molecular complexity index is 1310. The van der Waals surface area contributed by atoms with E-state index in [0.717, 1.165) is 0 Å². The van der Waals surface area contributed by atoms with Gasteiger partial charge in [0.05, 0.1) is 17.5 Å². The van der Waals surface area contributed by atoms with E-state index < -0.39 is 34.7 Å². The van der Waals surface area contributed by atoms with Gasteiger partial charge in [0.1, 0.15) is 11.4 Å². The summed E-state index contributed by atoms with van der Waals surface area (Å²) in [5.41, 5.74) is -1.17. The van der Waals surface area contributed by atoms with Crippen molar-refractivity contribution in [3.8, 4) is 5.75 Å². The van der Waals surface area contributed by atoms with E-state index in [2.05, 4.69) is 5.32 Å². The van der Waals surface area contributed by atoms with Crippen LogP contribution in [0.1, 0.15) is 88.5 Å². The first-order chi connectivity index (χ1) is 22.3. The highest BCUT2D eigenvalue weighted by atomic mass is 16.6. The van der Waals surface area contributed by atoms with Gasteiger partial charge in [0.2, 0.25) is 11.8 Å². The molecule has 48 heavy (non-hydrogen) atoms. The minimum atomic E-state index is -1.05. The number of fused-ring (bicyclic) bond motifs is 1. The molecular formula is C36H58N4O8. The van der Waals surface area contributed by atoms with E-state index >= 15 is 0 Å². The van der Waals surface area contributed by atoms with Gasteiger partial charge >= 0.3 is 6.09 Å². The third-order valence-corrected chi connectivity index (χ3v) is 8.48. The Balaban J connectivity index is 1.95. The number of nitrogens with zero attached hydrogens (tertiary/aromatic N) is 3. The number of likely N-dealkylation sites (tertiary alicyclic amines) is 1. The number of ether oxygens (including phenoxy) is 4. The zero-order valence-electron chi connectivity index (χ0n) is 30.9. The second-order valence-corrected chi connectivity index (χ2v) is 15.2. The lowest BCUT2D eigenvalue weighted by molar-refractivity contribution is -0.133. The van der Waals surface area contributed by atoms with Crippen LogP contribution in [0.25, 0.3) is 0 Å². The summed E-state index contributed by atoms with van der Waals surface area (Å²) in [4.78, 5) is 59.9. The summed E-state index contributed by atoms with van der Waals surface area (Å²) in [6.07, 6.45) is 0.938. The summed E-state index contributed by atoms with van der Waals surface area (Å²) in [5.74, 6) is -1.38. The highest BCUT2D eigenvalue weighted by Crippen LogP contribution is 2.41. The highest BCUT2D eigenvalue weighted by Gasteiger charge is 2.43. The normalized spacial score (nSPS) is 19.5. The van der Waals surface area contributed by atoms with Crippen LogP contribution in [0.4, 0.5) is 16.2 Å². The summed E-state index contributed by atoms with van der Waals surface area (Å²) >= 11 is 0. The van der Waals surface area contributed by atoms with Crippen molar-refractivity contribution >= 4 is 35.2 Å². The van der Waals surface area contributed by atoms with Crippen molar-refractivity contribution in [2.75, 3.05) is 56.4 Å². The number of anilines is 2. The van der Waals surface area contributed by atoms with Crippen LogP contribution in [0.2, 0.25) is 0 Å². The molecule has 1 N–H and O–H groups in total. The molecule has 4 amide bonds. The van der Waals surface area contributed by atoms with Gasteiger partial charge in [0.25, 0.3) is 5.91 Å². The predicted molar refractivity (Wildman–Crippen MR) is 185 cm³/mol. The molecule has 2 heterocycles. The molecule has 0 radical (unpaired) electrons. The number of hydrogen-bond acceptors (Lipinski definition) is 8. The third kappa shape index (κ3) is 10.1. The first-order valence-corrected chi connectivity index (χ1v) is 17.1. The van der Waals surface area contributed by atoms with Gasteiger partial charge in [-0.05, 0) is 107 Å². The predicted octanol–water partition coefficient (Wildman–Crippen LogP) is 5.16. The molecule has 270 valence electrons. The summed E-state index contributed by atoms with van der Waals surface area (Å²) < 4.78 is 22.5. The van der Waals surface area contributed by atoms with E-state index in [1.807, 2.05) is 46.8 Å². The molecule has 1 aromatic carbocycles. The van der Waals surface area contributed by atoms with Crippen LogP contribution >= 0.6 is 0 Å². The molecule has 0 saturated carbocycles. The Labute approximate surface area is 286 Å². The van der Waals surface area contributed by atoms with Crippen molar-refractivity contribution in [1.82, 2.24) is 10.2 Å². The topological polar surface area (TPSA) is 127 Å². The fourth-order valence-corrected chi connectivity index (χ4v) is 6.08. The summed E-state index contributed by atoms with van der Waals surface area (Å²) in [5, 5.41) is 3.12. The van der Waals surface area contributed by atoms with Gasteiger partial charge in [-0.15, -0.1) is 0 Å². The second-order valence-electron chi connectivity index (χ2n) is 15.2. The number of methoxy groups -OCH3 is 1. The second kappa shape index (κ2) is 15.9. The van der Waals surface area contributed by atoms with Crippen molar-refractivity contribution in [1.29, 1.82) is 0 Å². The Kier molecular flexibility index (Phi) is 12.9. The van der Waals surface area contributed by atoms with Gasteiger partial charge in [0, 0.05) is 63.8 Å². The van der Waals surface area contributed by atoms with E-state index in [0.29, 0.717) is 56.3 Å². The lowest BCUT2D eigenvalue weighted by atomic mass is 9.86. The molecule has 1 saturated heterocycles. The van der Waals surface area contributed by atoms with Crippen molar-refractivity contribution in [3.05, 3.63) is 18.2 Å². The molecule has 0 spiro atoms. The van der Waals surface area contributed by atoms with Crippen LogP contribution in [0.3, 0.4) is 0 Å². The molecule has 0 aromatic heterocycles. The molecule has 12 heteroatoms. The van der Waals surface area contributed by atoms with E-state index in [9.17, 15) is 19.2 Å². The number of piperidine rings is 1. The molecular weight excluding hydrogens is 616 g/mol. The zero-order chi connectivity index (χ0) is 36.0. The van der Waals surface area contributed by atoms with Crippen LogP contribution in [0.15, 0.2) is 18.2 Å². The fourth-order valence-electron chi connectivity index (χ4n) is 6.08. The van der Waals surface area contributed by atoms with Crippen molar-refractivity contribution in [3.63, 3.8) is 0 Å². The molecule has 2 aliphatic rings. The van der Waals surface area contributed by atoms with Gasteiger partial charge in [-0.2, -0.15) is 0 Å². The zero-order valence-corrected chi connectivity index (χ0v) is 30.9. The smallest absolute Gasteiger partial charge is 0.410 e. The summed E-state index contributed by atoms with van der Waals surface area (Å²) in [6.45, 7) is 20.7. The number of benzene rings is 1. The van der Waals surface area contributed by atoms with Crippen LogP contribution in [-0.2, 0) is 28.6 Å². The number of hydrogen-bond donors (Lipinski definition) is 1. The quantitative estimate of drug-likeness (QED) is 0.285. The lowest BCUT2D eigenvalue weighted by Crippen LogP contribution is -2.56. The maximum atomic E-state index is 14.5. The van der Waals surface area contributed by atoms with Crippen molar-refractivity contribution < 1.29 is 38.1 Å². The highest BCUT2D eigenvalue weighted by molar-refractivity contribution is 6.04. The van der Waals surface area contributed by atoms with Crippen molar-refractivity contribution in [2.45, 2.75) is 111 Å². The van der Waals surface area contributed by atoms with Gasteiger partial charge in [0.15, 0.2) is 5.60 Å². The average Bonchev–Trinajstić information content (AvgIpc) is 2.98. The maximum absolute atomic E-state index is 14.5. The van der Waals surface area contributed by atoms with E-state index in [1.54, 1.807) is 57.6 Å². The van der Waals surface area contributed by atoms with Gasteiger partial charge in [-0.1, -0.05) is 0 Å². The van der Waals surface area contributed by atoms with Gasteiger partial charge < -0.3 is 39.0 Å². The SMILES string of the molecule is CCOCCC(C)(C)NC(=O)[C@H]1CC(C(=O)N(c2ccc3c(c2)N(CCCOC)C(=O)C(C)(C)O3)C(C)C)CN(C(=O)OC(C)(C)C)C1. The Morgan fingerprint density at radius 3 is 2.35 bits per heavy atom. The molecule has 1 unspecified atom stereocenters. The Morgan fingerprint density at radius 1 is 1.08 bits per heavy atom. The standard InChI is InChI=1S/C36H58N4O8/c1-12-46-19-16-35(7,8)37-30(41)25-20-26(23-38(22-25)33(44)48-34(4,5)6)31(42)40(24(2)3)27-14-15-29-28(21-27)39(17-13-18-45-11)32(43)36(9,10)47-29/h14-15,21,24-26H,12-13,16-20,22-23H2,1-11H3,(H,37,41)/t25-,26?/m0/s1. The number of nitrogens with one attached hydrogen (secondary N) is 1. The van der Waals surface area contributed by atoms with Crippen molar-refractivity contribution in [2.24, 2.45) is 11.8 Å². The first kappa shape index (κ1) is 39.1.